The van der Waals surface area contributed by atoms with Crippen molar-refractivity contribution in [3.8, 4) is 0 Å². The van der Waals surface area contributed by atoms with Gasteiger partial charge in [-0.05, 0) is 6.92 Å². The smallest absolute Gasteiger partial charge is 0.219 e. The molecule has 0 radical (unpaired) electrons. The Labute approximate surface area is 62.5 Å². The standard InChI is InChI=1S/C5H11NO2.C2H6/c1-2-8-4-3-5(6)7;1-2/h2-4H2,1H3,(H2,6,7);1-2H3. The molecule has 2 N–H and O–H groups in total. The summed E-state index contributed by atoms with van der Waals surface area (Å²) in [6, 6.07) is 0. The minimum Gasteiger partial charge on any atom is -0.381 e. The zero-order valence-corrected chi connectivity index (χ0v) is 7.02. The predicted molar refractivity (Wildman–Crippen MR) is 41.7 cm³/mol. The van der Waals surface area contributed by atoms with Gasteiger partial charge in [0, 0.05) is 13.0 Å². The predicted octanol–water partition coefficient (Wildman–Crippen LogP) is 0.924. The summed E-state index contributed by atoms with van der Waals surface area (Å²) in [7, 11) is 0. The third-order valence-electron chi connectivity index (χ3n) is 0.697. The fourth-order valence-corrected chi connectivity index (χ4v) is 0.317. The largest absolute Gasteiger partial charge is 0.381 e. The van der Waals surface area contributed by atoms with E-state index in [0.717, 1.165) is 0 Å². The van der Waals surface area contributed by atoms with Crippen LogP contribution in [0.3, 0.4) is 0 Å². The van der Waals surface area contributed by atoms with Crippen LogP contribution in [-0.2, 0) is 9.53 Å². The number of carbonyl (C=O) groups is 1. The van der Waals surface area contributed by atoms with Gasteiger partial charge in [-0.3, -0.25) is 4.79 Å². The van der Waals surface area contributed by atoms with Gasteiger partial charge < -0.3 is 10.5 Å². The molecule has 0 aromatic rings. The Morgan fingerprint density at radius 3 is 2.30 bits per heavy atom. The topological polar surface area (TPSA) is 52.3 Å². The molecule has 0 unspecified atom stereocenters. The number of ether oxygens (including phenoxy) is 1. The van der Waals surface area contributed by atoms with Gasteiger partial charge in [-0.15, -0.1) is 0 Å². The maximum atomic E-state index is 10.0. The maximum absolute atomic E-state index is 10.0. The van der Waals surface area contributed by atoms with Crippen molar-refractivity contribution in [1.29, 1.82) is 0 Å². The first-order valence-electron chi connectivity index (χ1n) is 3.63. The van der Waals surface area contributed by atoms with Crippen molar-refractivity contribution < 1.29 is 9.53 Å². The second-order valence-corrected chi connectivity index (χ2v) is 1.41. The van der Waals surface area contributed by atoms with E-state index in [4.69, 9.17) is 10.5 Å². The molecule has 0 aliphatic heterocycles. The first-order valence-corrected chi connectivity index (χ1v) is 3.63. The van der Waals surface area contributed by atoms with Crippen LogP contribution in [0.4, 0.5) is 0 Å². The van der Waals surface area contributed by atoms with E-state index in [9.17, 15) is 4.79 Å². The highest BCUT2D eigenvalue weighted by Crippen LogP contribution is 1.78. The summed E-state index contributed by atoms with van der Waals surface area (Å²) in [6.45, 7) is 6.97. The van der Waals surface area contributed by atoms with Crippen LogP contribution in [0.2, 0.25) is 0 Å². The van der Waals surface area contributed by atoms with Gasteiger partial charge in [-0.25, -0.2) is 0 Å². The van der Waals surface area contributed by atoms with Crippen molar-refractivity contribution in [2.75, 3.05) is 13.2 Å². The number of primary amides is 1. The van der Waals surface area contributed by atoms with Gasteiger partial charge in [-0.2, -0.15) is 0 Å². The van der Waals surface area contributed by atoms with Crippen LogP contribution in [0.1, 0.15) is 27.2 Å². The number of carbonyl (C=O) groups excluding carboxylic acids is 1. The normalized spacial score (nSPS) is 7.90. The van der Waals surface area contributed by atoms with Crippen molar-refractivity contribution in [3.63, 3.8) is 0 Å². The molecule has 0 spiro atoms. The van der Waals surface area contributed by atoms with Crippen LogP contribution in [0.5, 0.6) is 0 Å². The molecule has 0 fully saturated rings. The molecule has 10 heavy (non-hydrogen) atoms. The molecule has 0 heterocycles. The lowest BCUT2D eigenvalue weighted by atomic mass is 10.4. The van der Waals surface area contributed by atoms with E-state index in [2.05, 4.69) is 0 Å². The van der Waals surface area contributed by atoms with Gasteiger partial charge in [0.2, 0.25) is 5.91 Å². The first kappa shape index (κ1) is 12.1. The highest BCUT2D eigenvalue weighted by molar-refractivity contribution is 5.73. The van der Waals surface area contributed by atoms with E-state index >= 15 is 0 Å². The van der Waals surface area contributed by atoms with Crippen molar-refractivity contribution >= 4 is 5.91 Å². The monoisotopic (exact) mass is 147 g/mol. The van der Waals surface area contributed by atoms with Crippen molar-refractivity contribution in [2.45, 2.75) is 27.2 Å². The summed E-state index contributed by atoms with van der Waals surface area (Å²) in [5.74, 6) is -0.307. The molecule has 0 aromatic heterocycles. The lowest BCUT2D eigenvalue weighted by Crippen LogP contribution is -2.13. The number of amides is 1. The van der Waals surface area contributed by atoms with Gasteiger partial charge in [-0.1, -0.05) is 13.8 Å². The fraction of sp³-hybridized carbons (Fsp3) is 0.857. The fourth-order valence-electron chi connectivity index (χ4n) is 0.317. The number of nitrogens with two attached hydrogens (primary N) is 1. The van der Waals surface area contributed by atoms with E-state index in [1.165, 1.54) is 0 Å². The summed E-state index contributed by atoms with van der Waals surface area (Å²) in [5, 5.41) is 0. The molecule has 0 aromatic carbocycles. The third-order valence-corrected chi connectivity index (χ3v) is 0.697. The average molecular weight is 147 g/mol. The molecule has 0 rings (SSSR count). The summed E-state index contributed by atoms with van der Waals surface area (Å²) in [4.78, 5) is 10.0. The summed E-state index contributed by atoms with van der Waals surface area (Å²) in [6.07, 6.45) is 0.327. The Kier molecular flexibility index (Phi) is 13.7. The second kappa shape index (κ2) is 11.3. The molecule has 0 saturated carbocycles. The number of rotatable bonds is 4. The highest BCUT2D eigenvalue weighted by atomic mass is 16.5. The molecule has 0 aliphatic rings. The molecule has 3 heteroatoms. The van der Waals surface area contributed by atoms with Crippen molar-refractivity contribution in [3.05, 3.63) is 0 Å². The van der Waals surface area contributed by atoms with Gasteiger partial charge >= 0.3 is 0 Å². The zero-order valence-electron chi connectivity index (χ0n) is 7.02. The van der Waals surface area contributed by atoms with Crippen LogP contribution in [0.25, 0.3) is 0 Å². The number of hydrogen-bond donors (Lipinski definition) is 1. The molecule has 0 saturated heterocycles. The molecule has 0 atom stereocenters. The first-order chi connectivity index (χ1) is 4.77. The van der Waals surface area contributed by atoms with Crippen LogP contribution in [0, 0.1) is 0 Å². The molecule has 0 aliphatic carbocycles. The highest BCUT2D eigenvalue weighted by Gasteiger charge is 1.90. The molecule has 1 amide bonds. The van der Waals surface area contributed by atoms with E-state index in [1.54, 1.807) is 0 Å². The van der Waals surface area contributed by atoms with E-state index in [0.29, 0.717) is 19.6 Å². The Hall–Kier alpha value is -0.570. The maximum Gasteiger partial charge on any atom is 0.219 e. The summed E-state index contributed by atoms with van der Waals surface area (Å²) >= 11 is 0. The second-order valence-electron chi connectivity index (χ2n) is 1.41. The van der Waals surface area contributed by atoms with Crippen molar-refractivity contribution in [1.82, 2.24) is 0 Å². The van der Waals surface area contributed by atoms with E-state index in [1.807, 2.05) is 20.8 Å². The van der Waals surface area contributed by atoms with Crippen LogP contribution in [-0.4, -0.2) is 19.1 Å². The quantitative estimate of drug-likeness (QED) is 0.601. The lowest BCUT2D eigenvalue weighted by Gasteiger charge is -1.94. The zero-order chi connectivity index (χ0) is 8.41. The van der Waals surface area contributed by atoms with Crippen LogP contribution in [0.15, 0.2) is 0 Å². The molecule has 3 nitrogen and oxygen atoms in total. The Balaban J connectivity index is 0. The number of hydrogen-bond acceptors (Lipinski definition) is 2. The molecular formula is C7H17NO2. The van der Waals surface area contributed by atoms with Crippen LogP contribution < -0.4 is 5.73 Å². The lowest BCUT2D eigenvalue weighted by molar-refractivity contribution is -0.119. The Bertz CT molecular complexity index is 74.0. The summed E-state index contributed by atoms with van der Waals surface area (Å²) in [5.41, 5.74) is 4.81. The minimum absolute atomic E-state index is 0.307. The van der Waals surface area contributed by atoms with Gasteiger partial charge in [0.1, 0.15) is 0 Å². The molecular weight excluding hydrogens is 130 g/mol. The summed E-state index contributed by atoms with van der Waals surface area (Å²) < 4.78 is 4.84. The van der Waals surface area contributed by atoms with Crippen LogP contribution >= 0.6 is 0 Å². The van der Waals surface area contributed by atoms with E-state index in [-0.39, 0.29) is 5.91 Å². The average Bonchev–Trinajstić information content (AvgIpc) is 1.92. The Morgan fingerprint density at radius 1 is 1.50 bits per heavy atom. The SMILES string of the molecule is CC.CCOCCC(N)=O. The van der Waals surface area contributed by atoms with Gasteiger partial charge in [0.25, 0.3) is 0 Å². The van der Waals surface area contributed by atoms with Gasteiger partial charge in [0.15, 0.2) is 0 Å². The van der Waals surface area contributed by atoms with Gasteiger partial charge in [0.05, 0.1) is 6.61 Å². The molecule has 62 valence electrons. The minimum atomic E-state index is -0.307. The molecule has 0 bridgehead atoms. The van der Waals surface area contributed by atoms with Crippen molar-refractivity contribution in [2.24, 2.45) is 5.73 Å². The van der Waals surface area contributed by atoms with E-state index < -0.39 is 0 Å². The third kappa shape index (κ3) is 15.7. The Morgan fingerprint density at radius 2 is 2.00 bits per heavy atom.